The zero-order valence-corrected chi connectivity index (χ0v) is 26.7. The molecule has 0 bridgehead atoms. The van der Waals surface area contributed by atoms with Crippen LogP contribution in [0.2, 0.25) is 0 Å². The maximum absolute atomic E-state index is 13.6. The lowest BCUT2D eigenvalue weighted by Crippen LogP contribution is -2.56. The first-order chi connectivity index (χ1) is 22.7. The van der Waals surface area contributed by atoms with Crippen LogP contribution in [0.25, 0.3) is 10.9 Å². The minimum atomic E-state index is -1.14. The number of nitrogens with zero attached hydrogens (tertiary/aromatic N) is 4. The van der Waals surface area contributed by atoms with Crippen LogP contribution in [-0.4, -0.2) is 125 Å². The van der Waals surface area contributed by atoms with E-state index >= 15 is 0 Å². The number of hydrogen-bond donors (Lipinski definition) is 2. The van der Waals surface area contributed by atoms with Crippen molar-refractivity contribution in [1.82, 2.24) is 25.0 Å². The van der Waals surface area contributed by atoms with Gasteiger partial charge in [0.25, 0.3) is 11.8 Å². The quantitative estimate of drug-likeness (QED) is 0.368. The number of likely N-dealkylation sites (tertiary alicyclic amines) is 1. The molecule has 5 rings (SSSR count). The monoisotopic (exact) mass is 653 g/mol. The maximum Gasteiger partial charge on any atom is 0.409 e. The molecule has 3 atom stereocenters. The molecule has 2 N–H and O–H groups in total. The molecule has 3 aliphatic rings. The zero-order chi connectivity index (χ0) is 33.3. The van der Waals surface area contributed by atoms with E-state index in [2.05, 4.69) is 10.3 Å². The topological polar surface area (TPSA) is 168 Å². The van der Waals surface area contributed by atoms with E-state index in [1.807, 2.05) is 4.90 Å². The van der Waals surface area contributed by atoms with Crippen LogP contribution in [0.15, 0.2) is 30.3 Å². The number of ether oxygens (including phenoxy) is 3. The Morgan fingerprint density at radius 1 is 1.02 bits per heavy atom. The molecule has 4 heterocycles. The van der Waals surface area contributed by atoms with Gasteiger partial charge >= 0.3 is 12.1 Å². The summed E-state index contributed by atoms with van der Waals surface area (Å²) in [5, 5.41) is 12.6. The zero-order valence-electron chi connectivity index (χ0n) is 26.7. The van der Waals surface area contributed by atoms with Crippen molar-refractivity contribution in [2.45, 2.75) is 70.1 Å². The molecule has 0 radical (unpaired) electrons. The number of carboxylic acid groups (broad SMARTS) is 1. The number of piperazine rings is 1. The van der Waals surface area contributed by atoms with E-state index in [4.69, 9.17) is 14.2 Å². The van der Waals surface area contributed by atoms with Gasteiger partial charge in [-0.1, -0.05) is 12.1 Å². The summed E-state index contributed by atoms with van der Waals surface area (Å²) in [7, 11) is 0. The molecule has 14 nitrogen and oxygen atoms in total. The third-order valence-corrected chi connectivity index (χ3v) is 8.89. The highest BCUT2D eigenvalue weighted by molar-refractivity contribution is 5.99. The number of nitrogens with one attached hydrogen (secondary N) is 1. The number of fused-ring (bicyclic) bond motifs is 1. The summed E-state index contributed by atoms with van der Waals surface area (Å²) in [6.07, 6.45) is 3.87. The van der Waals surface area contributed by atoms with Crippen molar-refractivity contribution in [3.63, 3.8) is 0 Å². The minimum Gasteiger partial charge on any atom is -0.483 e. The van der Waals surface area contributed by atoms with Crippen LogP contribution in [-0.2, 0) is 23.9 Å². The van der Waals surface area contributed by atoms with Gasteiger partial charge in [0.2, 0.25) is 5.91 Å². The Balaban J connectivity index is 1.29. The first kappa shape index (κ1) is 33.9. The fourth-order valence-corrected chi connectivity index (χ4v) is 6.46. The Labute approximate surface area is 273 Å². The number of amides is 4. The number of hydrogen-bond acceptors (Lipinski definition) is 9. The van der Waals surface area contributed by atoms with E-state index in [0.717, 1.165) is 32.1 Å². The molecule has 0 saturated carbocycles. The van der Waals surface area contributed by atoms with Crippen LogP contribution < -0.4 is 10.1 Å². The molecule has 14 heteroatoms. The SMILES string of the molecule is CCOC(=O)N1CCN(C(=O)C(CCC(=O)O)NC(=O)c2cc(OCC(=O)N3CCCCC3C3CCCO3)c3ccccc3n2)CC1. The van der Waals surface area contributed by atoms with Crippen LogP contribution in [0.3, 0.4) is 0 Å². The molecule has 3 unspecified atom stereocenters. The van der Waals surface area contributed by atoms with Gasteiger partial charge in [0, 0.05) is 57.2 Å². The summed E-state index contributed by atoms with van der Waals surface area (Å²) < 4.78 is 17.0. The molecular weight excluding hydrogens is 610 g/mol. The van der Waals surface area contributed by atoms with Gasteiger partial charge < -0.3 is 39.3 Å². The summed E-state index contributed by atoms with van der Waals surface area (Å²) in [5.41, 5.74) is 0.419. The van der Waals surface area contributed by atoms with Gasteiger partial charge in [0.1, 0.15) is 17.5 Å². The highest BCUT2D eigenvalue weighted by atomic mass is 16.6. The second kappa shape index (κ2) is 15.9. The first-order valence-corrected chi connectivity index (χ1v) is 16.4. The number of benzene rings is 1. The van der Waals surface area contributed by atoms with Gasteiger partial charge in [-0.05, 0) is 57.6 Å². The van der Waals surface area contributed by atoms with Gasteiger partial charge in [0.05, 0.1) is 24.3 Å². The predicted molar refractivity (Wildman–Crippen MR) is 169 cm³/mol. The number of rotatable bonds is 11. The Morgan fingerprint density at radius 3 is 2.51 bits per heavy atom. The highest BCUT2D eigenvalue weighted by Crippen LogP contribution is 2.29. The summed E-state index contributed by atoms with van der Waals surface area (Å²) in [4.78, 5) is 73.3. The molecule has 47 heavy (non-hydrogen) atoms. The molecule has 4 amide bonds. The Bertz CT molecular complexity index is 1460. The predicted octanol–water partition coefficient (Wildman–Crippen LogP) is 2.44. The van der Waals surface area contributed by atoms with Crippen LogP contribution >= 0.6 is 0 Å². The second-order valence-corrected chi connectivity index (χ2v) is 12.0. The second-order valence-electron chi connectivity index (χ2n) is 12.0. The van der Waals surface area contributed by atoms with Crippen LogP contribution in [0, 0.1) is 0 Å². The summed E-state index contributed by atoms with van der Waals surface area (Å²) >= 11 is 0. The summed E-state index contributed by atoms with van der Waals surface area (Å²) in [5.74, 6) is -2.10. The molecule has 1 aromatic heterocycles. The van der Waals surface area contributed by atoms with E-state index in [-0.39, 0.29) is 76.0 Å². The fraction of sp³-hybridized carbons (Fsp3) is 0.576. The fourth-order valence-electron chi connectivity index (χ4n) is 6.46. The lowest BCUT2D eigenvalue weighted by atomic mass is 9.95. The molecule has 2 aromatic rings. The standard InChI is InChI=1S/C33H43N5O9/c1-2-45-33(44)37-17-15-36(16-18-37)32(43)24(12-13-30(40)41)35-31(42)25-20-28(22-8-3-4-9-23(22)34-25)47-21-29(39)38-14-6-5-10-26(38)27-11-7-19-46-27/h3-4,8-9,20,24,26-27H,2,5-7,10-19,21H2,1H3,(H,35,42)(H,40,41). The average molecular weight is 654 g/mol. The summed E-state index contributed by atoms with van der Waals surface area (Å²) in [6, 6.07) is 7.39. The number of aromatic nitrogens is 1. The van der Waals surface area contributed by atoms with Crippen molar-refractivity contribution in [3.8, 4) is 5.75 Å². The summed E-state index contributed by atoms with van der Waals surface area (Å²) in [6.45, 7) is 4.00. The van der Waals surface area contributed by atoms with E-state index in [9.17, 15) is 29.1 Å². The first-order valence-electron chi connectivity index (χ1n) is 16.4. The molecular formula is C33H43N5O9. The van der Waals surface area contributed by atoms with E-state index in [0.29, 0.717) is 29.8 Å². The van der Waals surface area contributed by atoms with Crippen molar-refractivity contribution >= 4 is 40.7 Å². The Hall–Kier alpha value is -4.46. The van der Waals surface area contributed by atoms with Gasteiger partial charge in [-0.25, -0.2) is 9.78 Å². The van der Waals surface area contributed by atoms with Crippen molar-refractivity contribution in [3.05, 3.63) is 36.0 Å². The molecule has 0 spiro atoms. The third kappa shape index (κ3) is 8.47. The number of para-hydroxylation sites is 1. The number of carboxylic acids is 1. The maximum atomic E-state index is 13.6. The van der Waals surface area contributed by atoms with Crippen LogP contribution in [0.4, 0.5) is 4.79 Å². The van der Waals surface area contributed by atoms with E-state index in [1.165, 1.54) is 15.9 Å². The molecule has 3 aliphatic heterocycles. The number of piperidine rings is 1. The lowest BCUT2D eigenvalue weighted by molar-refractivity contribution is -0.140. The van der Waals surface area contributed by atoms with Crippen molar-refractivity contribution < 1.29 is 43.3 Å². The van der Waals surface area contributed by atoms with Gasteiger partial charge in [0.15, 0.2) is 6.61 Å². The molecule has 3 saturated heterocycles. The van der Waals surface area contributed by atoms with E-state index < -0.39 is 29.9 Å². The molecule has 0 aliphatic carbocycles. The molecule has 254 valence electrons. The van der Waals surface area contributed by atoms with Crippen molar-refractivity contribution in [2.24, 2.45) is 0 Å². The van der Waals surface area contributed by atoms with Gasteiger partial charge in [-0.2, -0.15) is 0 Å². The van der Waals surface area contributed by atoms with Gasteiger partial charge in [-0.3, -0.25) is 19.2 Å². The van der Waals surface area contributed by atoms with Crippen LogP contribution in [0.1, 0.15) is 62.4 Å². The smallest absolute Gasteiger partial charge is 0.409 e. The largest absolute Gasteiger partial charge is 0.483 e. The third-order valence-electron chi connectivity index (χ3n) is 8.89. The van der Waals surface area contributed by atoms with E-state index in [1.54, 1.807) is 31.2 Å². The normalized spacial score (nSPS) is 20.5. The molecule has 3 fully saturated rings. The van der Waals surface area contributed by atoms with Crippen LogP contribution in [0.5, 0.6) is 5.75 Å². The lowest BCUT2D eigenvalue weighted by Gasteiger charge is -2.38. The number of pyridine rings is 1. The molecule has 1 aromatic carbocycles. The average Bonchev–Trinajstić information content (AvgIpc) is 3.63. The highest BCUT2D eigenvalue weighted by Gasteiger charge is 2.36. The number of carbonyl (C=O) groups excluding carboxylic acids is 4. The van der Waals surface area contributed by atoms with Crippen molar-refractivity contribution in [2.75, 3.05) is 52.5 Å². The number of carbonyl (C=O) groups is 5. The van der Waals surface area contributed by atoms with Crippen molar-refractivity contribution in [1.29, 1.82) is 0 Å². The Morgan fingerprint density at radius 2 is 1.79 bits per heavy atom. The minimum absolute atomic E-state index is 0.0197. The van der Waals surface area contributed by atoms with Gasteiger partial charge in [-0.15, -0.1) is 0 Å². The number of aliphatic carboxylic acids is 1. The Kier molecular flexibility index (Phi) is 11.5.